The Morgan fingerprint density at radius 1 is 1.26 bits per heavy atom. The van der Waals surface area contributed by atoms with Gasteiger partial charge in [0.15, 0.2) is 6.29 Å². The van der Waals surface area contributed by atoms with Gasteiger partial charge in [0, 0.05) is 19.4 Å². The summed E-state index contributed by atoms with van der Waals surface area (Å²) in [6, 6.07) is 0. The lowest BCUT2D eigenvalue weighted by Gasteiger charge is -2.39. The van der Waals surface area contributed by atoms with Crippen LogP contribution in [0, 0.1) is 0 Å². The lowest BCUT2D eigenvalue weighted by Crippen LogP contribution is -2.46. The topological polar surface area (TPSA) is 65.0 Å². The number of carboxylic acid groups (broad SMARTS) is 1. The average molecular weight is 324 g/mol. The minimum absolute atomic E-state index is 0.0906. The summed E-state index contributed by atoms with van der Waals surface area (Å²) >= 11 is 0. The number of fused-ring (bicyclic) bond motifs is 2. The van der Waals surface area contributed by atoms with Crippen molar-refractivity contribution in [1.82, 2.24) is 0 Å². The van der Waals surface area contributed by atoms with Crippen LogP contribution in [0.3, 0.4) is 0 Å². The Bertz CT molecular complexity index is 429. The van der Waals surface area contributed by atoms with Crippen molar-refractivity contribution < 1.29 is 24.1 Å². The molecule has 0 aromatic carbocycles. The van der Waals surface area contributed by atoms with E-state index in [0.29, 0.717) is 12.5 Å². The van der Waals surface area contributed by atoms with Gasteiger partial charge in [-0.2, -0.15) is 0 Å². The predicted molar refractivity (Wildman–Crippen MR) is 85.2 cm³/mol. The second kappa shape index (κ2) is 7.77. The molecule has 3 aliphatic rings. The Kier molecular flexibility index (Phi) is 5.72. The molecule has 3 heterocycles. The summed E-state index contributed by atoms with van der Waals surface area (Å²) in [5, 5.41) is 8.66. The minimum atomic E-state index is -0.728. The van der Waals surface area contributed by atoms with E-state index in [-0.39, 0.29) is 24.4 Å². The summed E-state index contributed by atoms with van der Waals surface area (Å²) in [5.74, 6) is -0.728. The fourth-order valence-corrected chi connectivity index (χ4v) is 3.98. The van der Waals surface area contributed by atoms with Gasteiger partial charge in [-0.15, -0.1) is 0 Å². The Morgan fingerprint density at radius 3 is 2.83 bits per heavy atom. The predicted octanol–water partition coefficient (Wildman–Crippen LogP) is 3.42. The third-order valence-corrected chi connectivity index (χ3v) is 5.16. The number of hydrogen-bond donors (Lipinski definition) is 1. The summed E-state index contributed by atoms with van der Waals surface area (Å²) < 4.78 is 18.2. The summed E-state index contributed by atoms with van der Waals surface area (Å²) in [4.78, 5) is 10.5. The Hall–Kier alpha value is -0.910. The van der Waals surface area contributed by atoms with Crippen LogP contribution in [-0.4, -0.2) is 41.8 Å². The van der Waals surface area contributed by atoms with E-state index in [2.05, 4.69) is 12.2 Å². The first-order chi connectivity index (χ1) is 11.2. The summed E-state index contributed by atoms with van der Waals surface area (Å²) in [5.41, 5.74) is -0.242. The fraction of sp³-hybridized carbons (Fsp3) is 0.833. The molecule has 5 heteroatoms. The van der Waals surface area contributed by atoms with Crippen LogP contribution in [0.2, 0.25) is 0 Å². The molecule has 0 saturated carbocycles. The summed E-state index contributed by atoms with van der Waals surface area (Å²) in [7, 11) is 0. The Morgan fingerprint density at radius 2 is 2.17 bits per heavy atom. The molecule has 3 aliphatic heterocycles. The van der Waals surface area contributed by atoms with Gasteiger partial charge in [-0.1, -0.05) is 12.2 Å². The maximum atomic E-state index is 10.5. The quantitative estimate of drug-likeness (QED) is 0.547. The molecule has 3 saturated heterocycles. The van der Waals surface area contributed by atoms with E-state index in [0.717, 1.165) is 51.6 Å². The van der Waals surface area contributed by atoms with Crippen LogP contribution < -0.4 is 0 Å². The molecule has 3 rings (SSSR count). The maximum absolute atomic E-state index is 10.5. The van der Waals surface area contributed by atoms with Crippen molar-refractivity contribution in [2.75, 3.05) is 6.61 Å². The largest absolute Gasteiger partial charge is 0.481 e. The smallest absolute Gasteiger partial charge is 0.303 e. The molecule has 0 aliphatic carbocycles. The van der Waals surface area contributed by atoms with Crippen molar-refractivity contribution >= 4 is 5.97 Å². The zero-order chi connectivity index (χ0) is 16.1. The highest BCUT2D eigenvalue weighted by molar-refractivity contribution is 5.66. The number of allylic oxidation sites excluding steroid dienone is 1. The first-order valence-corrected chi connectivity index (χ1v) is 9.00. The standard InChI is InChI=1S/C18H28O5/c19-16(20)7-3-1-2-5-11-18(13-14-9-10-15(18)22-14)23-17-8-4-6-12-21-17/h2,5,14-15,17H,1,3-4,6-13H2,(H,19,20)/b5-2-/t14-,15+,17?,18-/m0/s1. The van der Waals surface area contributed by atoms with E-state index in [1.165, 1.54) is 6.42 Å². The SMILES string of the molecule is O=C(O)CCC/C=C\C[C@]1(OC2CCCCO2)C[C@@H]2CC[C@H]1O2. The van der Waals surface area contributed by atoms with Gasteiger partial charge in [0.2, 0.25) is 0 Å². The van der Waals surface area contributed by atoms with Crippen molar-refractivity contribution in [2.24, 2.45) is 0 Å². The molecule has 5 nitrogen and oxygen atoms in total. The first kappa shape index (κ1) is 16.9. The van der Waals surface area contributed by atoms with E-state index in [9.17, 15) is 4.79 Å². The zero-order valence-electron chi connectivity index (χ0n) is 13.7. The molecule has 2 bridgehead atoms. The fourth-order valence-electron chi connectivity index (χ4n) is 3.98. The van der Waals surface area contributed by atoms with Crippen molar-refractivity contribution in [3.63, 3.8) is 0 Å². The van der Waals surface area contributed by atoms with Crippen LogP contribution in [0.5, 0.6) is 0 Å². The van der Waals surface area contributed by atoms with Crippen LogP contribution in [0.15, 0.2) is 12.2 Å². The molecule has 0 amide bonds. The van der Waals surface area contributed by atoms with E-state index < -0.39 is 5.97 Å². The van der Waals surface area contributed by atoms with E-state index in [1.54, 1.807) is 0 Å². The molecular weight excluding hydrogens is 296 g/mol. The highest BCUT2D eigenvalue weighted by Crippen LogP contribution is 2.47. The van der Waals surface area contributed by atoms with Gasteiger partial charge in [0.05, 0.1) is 12.2 Å². The molecule has 0 radical (unpaired) electrons. The highest BCUT2D eigenvalue weighted by Gasteiger charge is 2.53. The highest BCUT2D eigenvalue weighted by atomic mass is 16.7. The van der Waals surface area contributed by atoms with Gasteiger partial charge in [0.25, 0.3) is 0 Å². The molecule has 4 atom stereocenters. The van der Waals surface area contributed by atoms with Gasteiger partial charge in [-0.05, 0) is 51.4 Å². The van der Waals surface area contributed by atoms with Gasteiger partial charge >= 0.3 is 5.97 Å². The minimum Gasteiger partial charge on any atom is -0.481 e. The van der Waals surface area contributed by atoms with Crippen LogP contribution in [0.25, 0.3) is 0 Å². The molecule has 1 unspecified atom stereocenters. The van der Waals surface area contributed by atoms with Crippen LogP contribution in [0.1, 0.15) is 64.2 Å². The van der Waals surface area contributed by atoms with Gasteiger partial charge < -0.3 is 19.3 Å². The number of ether oxygens (including phenoxy) is 3. The second-order valence-corrected chi connectivity index (χ2v) is 6.97. The number of unbranched alkanes of at least 4 members (excludes halogenated alkanes) is 1. The van der Waals surface area contributed by atoms with Crippen LogP contribution in [0.4, 0.5) is 0 Å². The normalized spacial score (nSPS) is 36.8. The Balaban J connectivity index is 1.53. The second-order valence-electron chi connectivity index (χ2n) is 6.97. The van der Waals surface area contributed by atoms with Crippen LogP contribution >= 0.6 is 0 Å². The number of rotatable bonds is 8. The molecule has 0 aromatic rings. The number of carboxylic acids is 1. The van der Waals surface area contributed by atoms with Crippen molar-refractivity contribution in [3.05, 3.63) is 12.2 Å². The lowest BCUT2D eigenvalue weighted by atomic mass is 9.81. The molecule has 130 valence electrons. The third-order valence-electron chi connectivity index (χ3n) is 5.16. The van der Waals surface area contributed by atoms with Gasteiger partial charge in [-0.25, -0.2) is 0 Å². The summed E-state index contributed by atoms with van der Waals surface area (Å²) in [6.07, 6.45) is 13.7. The zero-order valence-corrected chi connectivity index (χ0v) is 13.7. The molecule has 0 aromatic heterocycles. The molecule has 3 fully saturated rings. The molecule has 0 spiro atoms. The van der Waals surface area contributed by atoms with Gasteiger partial charge in [-0.3, -0.25) is 4.79 Å². The number of aliphatic carboxylic acids is 1. The average Bonchev–Trinajstić information content (AvgIpc) is 3.12. The molecular formula is C18H28O5. The Labute approximate surface area is 138 Å². The van der Waals surface area contributed by atoms with E-state index >= 15 is 0 Å². The van der Waals surface area contributed by atoms with Crippen LogP contribution in [-0.2, 0) is 19.0 Å². The maximum Gasteiger partial charge on any atom is 0.303 e. The number of hydrogen-bond acceptors (Lipinski definition) is 4. The third kappa shape index (κ3) is 4.34. The number of carbonyl (C=O) groups is 1. The summed E-state index contributed by atoms with van der Waals surface area (Å²) in [6.45, 7) is 0.792. The van der Waals surface area contributed by atoms with E-state index in [1.807, 2.05) is 0 Å². The van der Waals surface area contributed by atoms with Crippen molar-refractivity contribution in [2.45, 2.75) is 88.3 Å². The van der Waals surface area contributed by atoms with Crippen molar-refractivity contribution in [3.8, 4) is 0 Å². The first-order valence-electron chi connectivity index (χ1n) is 9.00. The van der Waals surface area contributed by atoms with E-state index in [4.69, 9.17) is 19.3 Å². The van der Waals surface area contributed by atoms with Crippen molar-refractivity contribution in [1.29, 1.82) is 0 Å². The van der Waals surface area contributed by atoms with Gasteiger partial charge in [0.1, 0.15) is 5.60 Å². The lowest BCUT2D eigenvalue weighted by molar-refractivity contribution is -0.236. The molecule has 23 heavy (non-hydrogen) atoms. The molecule has 1 N–H and O–H groups in total. The monoisotopic (exact) mass is 324 g/mol.